The van der Waals surface area contributed by atoms with Crippen LogP contribution in [0.1, 0.15) is 10.4 Å². The number of nitrogen functional groups attached to an aromatic ring is 1. The zero-order chi connectivity index (χ0) is 14.7. The zero-order valence-electron chi connectivity index (χ0n) is 11.2. The Labute approximate surface area is 116 Å². The third-order valence-corrected chi connectivity index (χ3v) is 2.90. The molecule has 0 radical (unpaired) electrons. The first kappa shape index (κ1) is 13.7. The third kappa shape index (κ3) is 2.64. The number of carboxylic acids is 1. The third-order valence-electron chi connectivity index (χ3n) is 2.90. The van der Waals surface area contributed by atoms with E-state index in [0.29, 0.717) is 11.5 Å². The van der Waals surface area contributed by atoms with Gasteiger partial charge in [-0.3, -0.25) is 0 Å². The van der Waals surface area contributed by atoms with Gasteiger partial charge in [0.05, 0.1) is 19.0 Å². The molecule has 0 aliphatic carbocycles. The monoisotopic (exact) mass is 273 g/mol. The van der Waals surface area contributed by atoms with Gasteiger partial charge in [0, 0.05) is 12.7 Å². The maximum absolute atomic E-state index is 11.3. The molecule has 2 rings (SSSR count). The van der Waals surface area contributed by atoms with Crippen molar-refractivity contribution in [1.29, 1.82) is 0 Å². The molecule has 1 heterocycles. The predicted octanol–water partition coefficient (Wildman–Crippen LogP) is 2.14. The fourth-order valence-corrected chi connectivity index (χ4v) is 1.83. The molecule has 6 nitrogen and oxygen atoms in total. The van der Waals surface area contributed by atoms with Crippen LogP contribution in [0.5, 0.6) is 5.75 Å². The molecule has 0 saturated heterocycles. The number of hydrogen-bond acceptors (Lipinski definition) is 5. The fraction of sp³-hybridized carbons (Fsp3) is 0.143. The van der Waals surface area contributed by atoms with Gasteiger partial charge in [-0.2, -0.15) is 0 Å². The molecule has 1 aromatic heterocycles. The highest BCUT2D eigenvalue weighted by atomic mass is 16.5. The lowest BCUT2D eigenvalue weighted by molar-refractivity contribution is 0.0697. The van der Waals surface area contributed by atoms with Gasteiger partial charge in [-0.15, -0.1) is 0 Å². The number of pyridine rings is 1. The average molecular weight is 273 g/mol. The second kappa shape index (κ2) is 5.48. The number of nitrogens with two attached hydrogens (primary N) is 1. The maximum atomic E-state index is 11.3. The molecule has 6 heteroatoms. The van der Waals surface area contributed by atoms with Gasteiger partial charge in [-0.05, 0) is 30.3 Å². The van der Waals surface area contributed by atoms with Gasteiger partial charge in [0.25, 0.3) is 0 Å². The van der Waals surface area contributed by atoms with E-state index in [2.05, 4.69) is 4.98 Å². The fourth-order valence-electron chi connectivity index (χ4n) is 1.83. The second-order valence-electron chi connectivity index (χ2n) is 4.20. The Hall–Kier alpha value is -2.76. The lowest BCUT2D eigenvalue weighted by Crippen LogP contribution is -2.16. The van der Waals surface area contributed by atoms with Gasteiger partial charge in [-0.25, -0.2) is 9.78 Å². The van der Waals surface area contributed by atoms with Crippen LogP contribution in [0, 0.1) is 0 Å². The van der Waals surface area contributed by atoms with E-state index in [9.17, 15) is 9.90 Å². The van der Waals surface area contributed by atoms with Crippen LogP contribution in [0.2, 0.25) is 0 Å². The SMILES string of the molecule is COc1ccc(N(C)c2ncc(N)cc2C(=O)O)cc1. The molecule has 0 unspecified atom stereocenters. The number of methoxy groups -OCH3 is 1. The molecule has 1 aromatic carbocycles. The number of ether oxygens (including phenoxy) is 1. The summed E-state index contributed by atoms with van der Waals surface area (Å²) in [4.78, 5) is 17.1. The summed E-state index contributed by atoms with van der Waals surface area (Å²) in [7, 11) is 3.33. The number of anilines is 3. The molecule has 0 aliphatic heterocycles. The summed E-state index contributed by atoms with van der Waals surface area (Å²) in [5.41, 5.74) is 6.75. The van der Waals surface area contributed by atoms with Crippen LogP contribution in [-0.2, 0) is 0 Å². The molecule has 0 atom stereocenters. The van der Waals surface area contributed by atoms with E-state index in [1.54, 1.807) is 31.2 Å². The van der Waals surface area contributed by atoms with E-state index in [0.717, 1.165) is 11.4 Å². The summed E-state index contributed by atoms with van der Waals surface area (Å²) in [6.45, 7) is 0. The van der Waals surface area contributed by atoms with Crippen LogP contribution in [0.4, 0.5) is 17.2 Å². The van der Waals surface area contributed by atoms with Gasteiger partial charge < -0.3 is 20.5 Å². The molecule has 0 spiro atoms. The number of rotatable bonds is 4. The van der Waals surface area contributed by atoms with E-state index in [4.69, 9.17) is 10.5 Å². The average Bonchev–Trinajstić information content (AvgIpc) is 2.46. The summed E-state index contributed by atoms with van der Waals surface area (Å²) in [6, 6.07) is 8.63. The Kier molecular flexibility index (Phi) is 3.74. The number of aromatic carboxylic acids is 1. The summed E-state index contributed by atoms with van der Waals surface area (Å²) < 4.78 is 5.09. The molecule has 0 bridgehead atoms. The molecule has 104 valence electrons. The highest BCUT2D eigenvalue weighted by Gasteiger charge is 2.16. The Bertz CT molecular complexity index is 626. The number of carboxylic acid groups (broad SMARTS) is 1. The van der Waals surface area contributed by atoms with Crippen LogP contribution in [0.3, 0.4) is 0 Å². The molecule has 0 saturated carbocycles. The Morgan fingerprint density at radius 1 is 1.35 bits per heavy atom. The van der Waals surface area contributed by atoms with E-state index in [-0.39, 0.29) is 5.56 Å². The molecule has 2 aromatic rings. The predicted molar refractivity (Wildman–Crippen MR) is 76.7 cm³/mol. The van der Waals surface area contributed by atoms with Crippen molar-refractivity contribution in [2.24, 2.45) is 0 Å². The number of carbonyl (C=O) groups is 1. The number of aromatic nitrogens is 1. The molecular formula is C14H15N3O3. The van der Waals surface area contributed by atoms with Crippen molar-refractivity contribution in [1.82, 2.24) is 4.98 Å². The molecular weight excluding hydrogens is 258 g/mol. The lowest BCUT2D eigenvalue weighted by atomic mass is 10.2. The van der Waals surface area contributed by atoms with Crippen LogP contribution in [-0.4, -0.2) is 30.2 Å². The largest absolute Gasteiger partial charge is 0.497 e. The Morgan fingerprint density at radius 3 is 2.55 bits per heavy atom. The van der Waals surface area contributed by atoms with Crippen molar-refractivity contribution in [2.75, 3.05) is 24.8 Å². The Morgan fingerprint density at radius 2 is 2.00 bits per heavy atom. The first-order valence-electron chi connectivity index (χ1n) is 5.89. The van der Waals surface area contributed by atoms with E-state index in [1.165, 1.54) is 12.3 Å². The summed E-state index contributed by atoms with van der Waals surface area (Å²) in [5, 5.41) is 9.23. The van der Waals surface area contributed by atoms with Crippen LogP contribution in [0.25, 0.3) is 0 Å². The quantitative estimate of drug-likeness (QED) is 0.887. The van der Waals surface area contributed by atoms with Crippen molar-refractivity contribution in [3.05, 3.63) is 42.1 Å². The van der Waals surface area contributed by atoms with E-state index in [1.807, 2.05) is 12.1 Å². The van der Waals surface area contributed by atoms with Crippen LogP contribution >= 0.6 is 0 Å². The van der Waals surface area contributed by atoms with Gasteiger partial charge >= 0.3 is 5.97 Å². The van der Waals surface area contributed by atoms with E-state index >= 15 is 0 Å². The number of hydrogen-bond donors (Lipinski definition) is 2. The molecule has 0 fully saturated rings. The summed E-state index contributed by atoms with van der Waals surface area (Å²) in [5.74, 6) is -0.0112. The van der Waals surface area contributed by atoms with Gasteiger partial charge in [0.2, 0.25) is 0 Å². The second-order valence-corrected chi connectivity index (χ2v) is 4.20. The first-order valence-corrected chi connectivity index (χ1v) is 5.89. The summed E-state index contributed by atoms with van der Waals surface area (Å²) in [6.07, 6.45) is 1.43. The minimum absolute atomic E-state index is 0.0586. The smallest absolute Gasteiger partial charge is 0.339 e. The van der Waals surface area contributed by atoms with Crippen LogP contribution < -0.4 is 15.4 Å². The van der Waals surface area contributed by atoms with Crippen molar-refractivity contribution < 1.29 is 14.6 Å². The maximum Gasteiger partial charge on any atom is 0.339 e. The molecule has 0 aliphatic rings. The lowest BCUT2D eigenvalue weighted by Gasteiger charge is -2.20. The van der Waals surface area contributed by atoms with Crippen molar-refractivity contribution in [3.63, 3.8) is 0 Å². The standard InChI is InChI=1S/C14H15N3O3/c1-17(10-3-5-11(20-2)6-4-10)13-12(14(18)19)7-9(15)8-16-13/h3-8H,15H2,1-2H3,(H,18,19). The number of benzene rings is 1. The first-order chi connectivity index (χ1) is 9.52. The van der Waals surface area contributed by atoms with Crippen molar-refractivity contribution in [3.8, 4) is 5.75 Å². The topological polar surface area (TPSA) is 88.7 Å². The molecule has 0 amide bonds. The normalized spacial score (nSPS) is 10.1. The highest BCUT2D eigenvalue weighted by molar-refractivity contribution is 5.95. The molecule has 20 heavy (non-hydrogen) atoms. The zero-order valence-corrected chi connectivity index (χ0v) is 11.2. The van der Waals surface area contributed by atoms with Crippen LogP contribution in [0.15, 0.2) is 36.5 Å². The van der Waals surface area contributed by atoms with Gasteiger partial charge in [0.1, 0.15) is 17.1 Å². The number of nitrogens with zero attached hydrogens (tertiary/aromatic N) is 2. The van der Waals surface area contributed by atoms with Gasteiger partial charge in [0.15, 0.2) is 0 Å². The van der Waals surface area contributed by atoms with Crippen molar-refractivity contribution in [2.45, 2.75) is 0 Å². The summed E-state index contributed by atoms with van der Waals surface area (Å²) >= 11 is 0. The minimum Gasteiger partial charge on any atom is -0.497 e. The van der Waals surface area contributed by atoms with E-state index < -0.39 is 5.97 Å². The molecule has 3 N–H and O–H groups in total. The van der Waals surface area contributed by atoms with Gasteiger partial charge in [-0.1, -0.05) is 0 Å². The Balaban J connectivity index is 2.41. The minimum atomic E-state index is -1.07. The highest BCUT2D eigenvalue weighted by Crippen LogP contribution is 2.27. The van der Waals surface area contributed by atoms with Crippen molar-refractivity contribution >= 4 is 23.2 Å².